The quantitative estimate of drug-likeness (QED) is 0.877. The highest BCUT2D eigenvalue weighted by Crippen LogP contribution is 2.28. The number of carbonyl (C=O) groups is 1. The van der Waals surface area contributed by atoms with E-state index in [1.807, 2.05) is 25.1 Å². The second-order valence-electron chi connectivity index (χ2n) is 4.75. The summed E-state index contributed by atoms with van der Waals surface area (Å²) >= 11 is 3.44. The second-order valence-corrected chi connectivity index (χ2v) is 5.60. The van der Waals surface area contributed by atoms with Crippen molar-refractivity contribution in [2.75, 3.05) is 7.11 Å². The summed E-state index contributed by atoms with van der Waals surface area (Å²) in [5, 5.41) is 3.20. The number of ether oxygens (including phenoxy) is 1. The normalized spacial score (nSPS) is 13.2. The average Bonchev–Trinajstić information content (AvgIpc) is 2.28. The van der Waals surface area contributed by atoms with Crippen LogP contribution in [0, 0.1) is 0 Å². The number of benzene rings is 1. The number of nitrogens with one attached hydrogen (secondary N) is 1. The predicted octanol–water partition coefficient (Wildman–Crippen LogP) is 2.37. The summed E-state index contributed by atoms with van der Waals surface area (Å²) in [4.78, 5) is 11.3. The van der Waals surface area contributed by atoms with E-state index < -0.39 is 5.54 Å². The van der Waals surface area contributed by atoms with Gasteiger partial charge in [-0.1, -0.05) is 6.07 Å². The van der Waals surface area contributed by atoms with E-state index in [9.17, 15) is 4.79 Å². The van der Waals surface area contributed by atoms with Gasteiger partial charge in [0.2, 0.25) is 5.91 Å². The van der Waals surface area contributed by atoms with Gasteiger partial charge in [-0.3, -0.25) is 10.1 Å². The van der Waals surface area contributed by atoms with Crippen LogP contribution in [0.1, 0.15) is 32.4 Å². The molecule has 0 saturated heterocycles. The highest BCUT2D eigenvalue weighted by atomic mass is 79.9. The highest BCUT2D eigenvalue weighted by Gasteiger charge is 2.26. The fraction of sp³-hybridized carbons (Fsp3) is 0.462. The lowest BCUT2D eigenvalue weighted by atomic mass is 10.0. The molecule has 3 N–H and O–H groups in total. The third-order valence-corrected chi connectivity index (χ3v) is 3.49. The van der Waals surface area contributed by atoms with Crippen LogP contribution in [0.5, 0.6) is 5.75 Å². The van der Waals surface area contributed by atoms with Crippen LogP contribution in [0.2, 0.25) is 0 Å². The minimum atomic E-state index is -0.744. The van der Waals surface area contributed by atoms with Gasteiger partial charge in [0.1, 0.15) is 5.75 Å². The van der Waals surface area contributed by atoms with Crippen molar-refractivity contribution in [2.24, 2.45) is 5.73 Å². The smallest absolute Gasteiger partial charge is 0.237 e. The Labute approximate surface area is 116 Å². The molecule has 0 aliphatic rings. The standard InChI is InChI=1S/C13H19BrN2O2/c1-8(16-13(2,3)12(15)17)9-5-6-11(18-4)10(14)7-9/h5-8,16H,1-4H3,(H2,15,17). The summed E-state index contributed by atoms with van der Waals surface area (Å²) in [6.45, 7) is 5.52. The molecule has 5 heteroatoms. The van der Waals surface area contributed by atoms with Crippen molar-refractivity contribution in [3.05, 3.63) is 28.2 Å². The first kappa shape index (κ1) is 15.0. The second kappa shape index (κ2) is 5.71. The molecule has 1 rings (SSSR count). The maximum Gasteiger partial charge on any atom is 0.237 e. The molecule has 0 aliphatic heterocycles. The summed E-state index contributed by atoms with van der Waals surface area (Å²) in [7, 11) is 1.62. The molecule has 4 nitrogen and oxygen atoms in total. The van der Waals surface area contributed by atoms with Crippen LogP contribution in [0.25, 0.3) is 0 Å². The number of carbonyl (C=O) groups excluding carboxylic acids is 1. The molecule has 0 radical (unpaired) electrons. The van der Waals surface area contributed by atoms with Crippen LogP contribution in [-0.4, -0.2) is 18.6 Å². The number of rotatable bonds is 5. The molecule has 0 saturated carbocycles. The molecule has 0 bridgehead atoms. The third kappa shape index (κ3) is 3.46. The Kier molecular flexibility index (Phi) is 4.76. The highest BCUT2D eigenvalue weighted by molar-refractivity contribution is 9.10. The lowest BCUT2D eigenvalue weighted by molar-refractivity contribution is -0.123. The van der Waals surface area contributed by atoms with Gasteiger partial charge < -0.3 is 10.5 Å². The number of nitrogens with two attached hydrogens (primary N) is 1. The molecule has 0 aliphatic carbocycles. The van der Waals surface area contributed by atoms with Crippen LogP contribution >= 0.6 is 15.9 Å². The van der Waals surface area contributed by atoms with Crippen molar-refractivity contribution in [1.29, 1.82) is 0 Å². The van der Waals surface area contributed by atoms with Gasteiger partial charge in [0.05, 0.1) is 17.1 Å². The van der Waals surface area contributed by atoms with Crippen LogP contribution in [0.15, 0.2) is 22.7 Å². The first-order valence-electron chi connectivity index (χ1n) is 5.69. The number of hydrogen-bond donors (Lipinski definition) is 2. The van der Waals surface area contributed by atoms with Crippen LogP contribution in [0.3, 0.4) is 0 Å². The van der Waals surface area contributed by atoms with Gasteiger partial charge in [-0.25, -0.2) is 0 Å². The van der Waals surface area contributed by atoms with Gasteiger partial charge in [0.25, 0.3) is 0 Å². The molecule has 0 spiro atoms. The van der Waals surface area contributed by atoms with Gasteiger partial charge >= 0.3 is 0 Å². The molecule has 0 heterocycles. The summed E-state index contributed by atoms with van der Waals surface area (Å²) in [5.74, 6) is 0.405. The number of halogens is 1. The molecule has 0 aromatic heterocycles. The Hall–Kier alpha value is -1.07. The SMILES string of the molecule is COc1ccc(C(C)NC(C)(C)C(N)=O)cc1Br. The number of methoxy groups -OCH3 is 1. The van der Waals surface area contributed by atoms with E-state index in [0.717, 1.165) is 15.8 Å². The average molecular weight is 315 g/mol. The summed E-state index contributed by atoms with van der Waals surface area (Å²) < 4.78 is 6.06. The van der Waals surface area contributed by atoms with E-state index in [2.05, 4.69) is 21.2 Å². The van der Waals surface area contributed by atoms with Crippen molar-refractivity contribution in [1.82, 2.24) is 5.32 Å². The maximum atomic E-state index is 11.3. The Morgan fingerprint density at radius 1 is 1.50 bits per heavy atom. The first-order chi connectivity index (χ1) is 8.27. The van der Waals surface area contributed by atoms with E-state index in [1.165, 1.54) is 0 Å². The van der Waals surface area contributed by atoms with Crippen molar-refractivity contribution < 1.29 is 9.53 Å². The molecule has 0 fully saturated rings. The molecule has 18 heavy (non-hydrogen) atoms. The number of amides is 1. The Morgan fingerprint density at radius 2 is 2.11 bits per heavy atom. The molecule has 1 aromatic carbocycles. The van der Waals surface area contributed by atoms with Gasteiger partial charge in [0.15, 0.2) is 0 Å². The zero-order valence-electron chi connectivity index (χ0n) is 11.1. The van der Waals surface area contributed by atoms with Gasteiger partial charge in [-0.15, -0.1) is 0 Å². The molecule has 1 atom stereocenters. The largest absolute Gasteiger partial charge is 0.496 e. The Balaban J connectivity index is 2.88. The van der Waals surface area contributed by atoms with E-state index in [4.69, 9.17) is 10.5 Å². The first-order valence-corrected chi connectivity index (χ1v) is 6.48. The lowest BCUT2D eigenvalue weighted by Crippen LogP contribution is -2.51. The minimum Gasteiger partial charge on any atom is -0.496 e. The monoisotopic (exact) mass is 314 g/mol. The topological polar surface area (TPSA) is 64.3 Å². The van der Waals surface area contributed by atoms with Crippen molar-refractivity contribution in [3.63, 3.8) is 0 Å². The Bertz CT molecular complexity index is 447. The lowest BCUT2D eigenvalue weighted by Gasteiger charge is -2.27. The fourth-order valence-corrected chi connectivity index (χ4v) is 2.21. The summed E-state index contributed by atoms with van der Waals surface area (Å²) in [5.41, 5.74) is 5.65. The third-order valence-electron chi connectivity index (χ3n) is 2.87. The minimum absolute atomic E-state index is 0.00899. The summed E-state index contributed by atoms with van der Waals surface area (Å²) in [6.07, 6.45) is 0. The van der Waals surface area contributed by atoms with E-state index in [1.54, 1.807) is 21.0 Å². The van der Waals surface area contributed by atoms with Crippen LogP contribution < -0.4 is 15.8 Å². The zero-order valence-corrected chi connectivity index (χ0v) is 12.7. The zero-order chi connectivity index (χ0) is 13.9. The maximum absolute atomic E-state index is 11.3. The van der Waals surface area contributed by atoms with E-state index >= 15 is 0 Å². The molecule has 1 aromatic rings. The van der Waals surface area contributed by atoms with Gasteiger partial charge in [-0.2, -0.15) is 0 Å². The molecule has 100 valence electrons. The molecule has 1 amide bonds. The van der Waals surface area contributed by atoms with Crippen molar-refractivity contribution >= 4 is 21.8 Å². The van der Waals surface area contributed by atoms with Crippen LogP contribution in [-0.2, 0) is 4.79 Å². The molecule has 1 unspecified atom stereocenters. The van der Waals surface area contributed by atoms with Crippen molar-refractivity contribution in [2.45, 2.75) is 32.4 Å². The molecular formula is C13H19BrN2O2. The van der Waals surface area contributed by atoms with Gasteiger partial charge in [-0.05, 0) is 54.4 Å². The van der Waals surface area contributed by atoms with Crippen LogP contribution in [0.4, 0.5) is 0 Å². The van der Waals surface area contributed by atoms with E-state index in [-0.39, 0.29) is 11.9 Å². The fourth-order valence-electron chi connectivity index (χ4n) is 1.65. The van der Waals surface area contributed by atoms with Gasteiger partial charge in [0, 0.05) is 6.04 Å². The predicted molar refractivity (Wildman–Crippen MR) is 75.5 cm³/mol. The van der Waals surface area contributed by atoms with E-state index in [0.29, 0.717) is 0 Å². The summed E-state index contributed by atoms with van der Waals surface area (Å²) in [6, 6.07) is 5.82. The van der Waals surface area contributed by atoms with Crippen molar-refractivity contribution in [3.8, 4) is 5.75 Å². The number of hydrogen-bond acceptors (Lipinski definition) is 3. The molecular weight excluding hydrogens is 296 g/mol. The Morgan fingerprint density at radius 3 is 2.56 bits per heavy atom. The number of primary amides is 1.